The van der Waals surface area contributed by atoms with Crippen LogP contribution in [0.25, 0.3) is 0 Å². The summed E-state index contributed by atoms with van der Waals surface area (Å²) in [6.07, 6.45) is 5.13. The van der Waals surface area contributed by atoms with Crippen molar-refractivity contribution in [3.8, 4) is 11.5 Å². The molecular weight excluding hydrogens is 324 g/mol. The normalized spacial score (nSPS) is 10.6. The van der Waals surface area contributed by atoms with Crippen LogP contribution in [0.15, 0.2) is 12.1 Å². The first kappa shape index (κ1) is 21.0. The molecule has 0 aliphatic rings. The molecule has 1 aromatic rings. The largest absolute Gasteiger partial charge is 0.508 e. The minimum absolute atomic E-state index is 0.0944. The maximum absolute atomic E-state index is 12.5. The van der Waals surface area contributed by atoms with Gasteiger partial charge in [0.2, 0.25) is 0 Å². The molecule has 0 fully saturated rings. The third-order valence-corrected chi connectivity index (χ3v) is 3.86. The molecule has 0 spiro atoms. The van der Waals surface area contributed by atoms with E-state index in [0.717, 1.165) is 38.2 Å². The van der Waals surface area contributed by atoms with Gasteiger partial charge in [-0.3, -0.25) is 9.59 Å². The number of esters is 1. The van der Waals surface area contributed by atoms with E-state index < -0.39 is 5.97 Å². The Morgan fingerprint density at radius 1 is 1.04 bits per heavy atom. The van der Waals surface area contributed by atoms with Crippen molar-refractivity contribution in [3.63, 3.8) is 0 Å². The van der Waals surface area contributed by atoms with E-state index in [2.05, 4.69) is 6.92 Å². The van der Waals surface area contributed by atoms with E-state index in [-0.39, 0.29) is 48.0 Å². The highest BCUT2D eigenvalue weighted by atomic mass is 16.6. The number of Topliss-reactive ketones (excluding diaryl/α,β-unsaturated/α-hetero) is 1. The first-order chi connectivity index (χ1) is 12.0. The van der Waals surface area contributed by atoms with E-state index in [1.165, 1.54) is 13.2 Å². The van der Waals surface area contributed by atoms with Crippen LogP contribution in [0.2, 0.25) is 0 Å². The monoisotopic (exact) mass is 352 g/mol. The molecule has 0 aliphatic carbocycles. The van der Waals surface area contributed by atoms with Crippen molar-refractivity contribution in [1.29, 1.82) is 0 Å². The van der Waals surface area contributed by atoms with Gasteiger partial charge in [0.15, 0.2) is 5.78 Å². The quantitative estimate of drug-likeness (QED) is 0.340. The van der Waals surface area contributed by atoms with Crippen LogP contribution < -0.4 is 0 Å². The molecule has 6 nitrogen and oxygen atoms in total. The number of hydrogen-bond acceptors (Lipinski definition) is 6. The maximum atomic E-state index is 12.5. The molecule has 140 valence electrons. The molecule has 0 aromatic heterocycles. The number of benzene rings is 1. The average Bonchev–Trinajstić information content (AvgIpc) is 2.54. The summed E-state index contributed by atoms with van der Waals surface area (Å²) in [7, 11) is 1.50. The number of aromatic hydroxyl groups is 2. The van der Waals surface area contributed by atoms with Gasteiger partial charge in [0.25, 0.3) is 0 Å². The first-order valence-electron chi connectivity index (χ1n) is 8.72. The third-order valence-electron chi connectivity index (χ3n) is 3.86. The molecule has 0 bridgehead atoms. The molecule has 0 saturated carbocycles. The zero-order valence-corrected chi connectivity index (χ0v) is 15.0. The van der Waals surface area contributed by atoms with Gasteiger partial charge in [-0.1, -0.05) is 32.6 Å². The summed E-state index contributed by atoms with van der Waals surface area (Å²) in [5, 5.41) is 19.7. The van der Waals surface area contributed by atoms with Crippen molar-refractivity contribution in [2.75, 3.05) is 20.3 Å². The first-order valence-corrected chi connectivity index (χ1v) is 8.72. The Labute approximate surface area is 148 Å². The lowest BCUT2D eigenvalue weighted by atomic mass is 9.96. The summed E-state index contributed by atoms with van der Waals surface area (Å²) < 4.78 is 9.79. The molecule has 6 heteroatoms. The van der Waals surface area contributed by atoms with Crippen LogP contribution in [0.4, 0.5) is 0 Å². The fourth-order valence-corrected chi connectivity index (χ4v) is 2.59. The van der Waals surface area contributed by atoms with Crippen LogP contribution in [0, 0.1) is 0 Å². The molecule has 1 rings (SSSR count). The molecule has 0 unspecified atom stereocenters. The lowest BCUT2D eigenvalue weighted by Crippen LogP contribution is -2.14. The van der Waals surface area contributed by atoms with Crippen molar-refractivity contribution >= 4 is 11.8 Å². The Hall–Kier alpha value is -2.08. The number of ether oxygens (including phenoxy) is 2. The number of carbonyl (C=O) groups excluding carboxylic acids is 2. The van der Waals surface area contributed by atoms with Crippen molar-refractivity contribution < 1.29 is 29.3 Å². The van der Waals surface area contributed by atoms with E-state index in [4.69, 9.17) is 9.47 Å². The SMILES string of the molecule is CCCCCCCC(=O)c1c(O)cc(O)cc1CC(=O)OCCOC. The fraction of sp³-hybridized carbons (Fsp3) is 0.579. The molecule has 0 amide bonds. The zero-order valence-electron chi connectivity index (χ0n) is 15.0. The van der Waals surface area contributed by atoms with Gasteiger partial charge in [-0.05, 0) is 18.1 Å². The van der Waals surface area contributed by atoms with Crippen LogP contribution in [-0.4, -0.2) is 42.3 Å². The Bertz CT molecular complexity index is 567. The maximum Gasteiger partial charge on any atom is 0.310 e. The molecule has 0 radical (unpaired) electrons. The molecule has 1 aromatic carbocycles. The molecule has 0 atom stereocenters. The van der Waals surface area contributed by atoms with Gasteiger partial charge in [0.1, 0.15) is 18.1 Å². The highest BCUT2D eigenvalue weighted by Gasteiger charge is 2.20. The summed E-state index contributed by atoms with van der Waals surface area (Å²) in [5.41, 5.74) is 0.371. The van der Waals surface area contributed by atoms with Gasteiger partial charge >= 0.3 is 5.97 Å². The average molecular weight is 352 g/mol. The van der Waals surface area contributed by atoms with Crippen molar-refractivity contribution in [2.45, 2.75) is 51.9 Å². The topological polar surface area (TPSA) is 93.1 Å². The lowest BCUT2D eigenvalue weighted by Gasteiger charge is -2.12. The summed E-state index contributed by atoms with van der Waals surface area (Å²) >= 11 is 0. The van der Waals surface area contributed by atoms with Gasteiger partial charge in [0, 0.05) is 19.6 Å². The number of ketones is 1. The second-order valence-corrected chi connectivity index (χ2v) is 5.98. The van der Waals surface area contributed by atoms with Crippen LogP contribution >= 0.6 is 0 Å². The summed E-state index contributed by atoms with van der Waals surface area (Å²) in [6.45, 7) is 2.51. The van der Waals surface area contributed by atoms with E-state index in [0.29, 0.717) is 6.42 Å². The number of hydrogen-bond donors (Lipinski definition) is 2. The summed E-state index contributed by atoms with van der Waals surface area (Å²) in [6, 6.07) is 2.44. The molecule has 0 heterocycles. The lowest BCUT2D eigenvalue weighted by molar-refractivity contribution is -0.144. The van der Waals surface area contributed by atoms with Gasteiger partial charge in [-0.15, -0.1) is 0 Å². The molecule has 25 heavy (non-hydrogen) atoms. The van der Waals surface area contributed by atoms with Crippen LogP contribution in [-0.2, 0) is 20.7 Å². The number of rotatable bonds is 12. The van der Waals surface area contributed by atoms with Crippen LogP contribution in [0.5, 0.6) is 11.5 Å². The second kappa shape index (κ2) is 11.5. The second-order valence-electron chi connectivity index (χ2n) is 5.98. The van der Waals surface area contributed by atoms with Crippen molar-refractivity contribution in [1.82, 2.24) is 0 Å². The molecular formula is C19H28O6. The fourth-order valence-electron chi connectivity index (χ4n) is 2.59. The Balaban J connectivity index is 2.76. The van der Waals surface area contributed by atoms with Crippen molar-refractivity contribution in [2.24, 2.45) is 0 Å². The standard InChI is InChI=1S/C19H28O6/c1-3-4-5-6-7-8-16(21)19-14(11-15(20)13-17(19)22)12-18(23)25-10-9-24-2/h11,13,20,22H,3-10,12H2,1-2H3. The number of methoxy groups -OCH3 is 1. The molecule has 0 aliphatic heterocycles. The highest BCUT2D eigenvalue weighted by molar-refractivity contribution is 6.01. The van der Waals surface area contributed by atoms with Crippen LogP contribution in [0.1, 0.15) is 61.4 Å². The van der Waals surface area contributed by atoms with E-state index >= 15 is 0 Å². The minimum atomic E-state index is -0.543. The number of phenols is 2. The van der Waals surface area contributed by atoms with Crippen LogP contribution in [0.3, 0.4) is 0 Å². The Morgan fingerprint density at radius 3 is 2.44 bits per heavy atom. The van der Waals surface area contributed by atoms with Gasteiger partial charge in [0.05, 0.1) is 18.6 Å². The predicted molar refractivity (Wildman–Crippen MR) is 94.0 cm³/mol. The Morgan fingerprint density at radius 2 is 1.76 bits per heavy atom. The van der Waals surface area contributed by atoms with E-state index in [1.54, 1.807) is 0 Å². The molecule has 2 N–H and O–H groups in total. The summed E-state index contributed by atoms with van der Waals surface area (Å²) in [5.74, 6) is -1.28. The van der Waals surface area contributed by atoms with Gasteiger partial charge in [-0.2, -0.15) is 0 Å². The highest BCUT2D eigenvalue weighted by Crippen LogP contribution is 2.29. The summed E-state index contributed by atoms with van der Waals surface area (Å²) in [4.78, 5) is 24.3. The molecule has 0 saturated heterocycles. The van der Waals surface area contributed by atoms with Crippen molar-refractivity contribution in [3.05, 3.63) is 23.3 Å². The number of unbranched alkanes of at least 4 members (excludes halogenated alkanes) is 4. The third kappa shape index (κ3) is 7.56. The minimum Gasteiger partial charge on any atom is -0.508 e. The van der Waals surface area contributed by atoms with Gasteiger partial charge < -0.3 is 19.7 Å². The van der Waals surface area contributed by atoms with E-state index in [1.807, 2.05) is 0 Å². The zero-order chi connectivity index (χ0) is 18.7. The Kier molecular flexibility index (Phi) is 9.62. The predicted octanol–water partition coefficient (Wildman–Crippen LogP) is 3.37. The van der Waals surface area contributed by atoms with E-state index in [9.17, 15) is 19.8 Å². The van der Waals surface area contributed by atoms with Gasteiger partial charge in [-0.25, -0.2) is 0 Å². The number of phenolic OH excluding ortho intramolecular Hbond substituents is 2. The smallest absolute Gasteiger partial charge is 0.310 e. The number of carbonyl (C=O) groups is 2.